The van der Waals surface area contributed by atoms with Crippen molar-refractivity contribution >= 4 is 11.6 Å². The number of nitrogens with one attached hydrogen (secondary N) is 1. The van der Waals surface area contributed by atoms with E-state index in [1.54, 1.807) is 0 Å². The Balaban J connectivity index is 2.37. The Morgan fingerprint density at radius 3 is 2.56 bits per heavy atom. The van der Waals surface area contributed by atoms with Crippen LogP contribution in [0.15, 0.2) is 24.3 Å². The topological polar surface area (TPSA) is 29.9 Å². The minimum absolute atomic E-state index is 0.600. The van der Waals surface area contributed by atoms with Gasteiger partial charge in [-0.25, -0.2) is 4.98 Å². The number of likely N-dealkylation sites (N-methyl/N-ethyl adjacent to an activating group) is 1. The lowest BCUT2D eigenvalue weighted by atomic mass is 10.1. The fourth-order valence-electron chi connectivity index (χ4n) is 1.97. The van der Waals surface area contributed by atoms with Gasteiger partial charge in [0.05, 0.1) is 5.69 Å². The predicted molar refractivity (Wildman–Crippen MR) is 76.0 cm³/mol. The van der Waals surface area contributed by atoms with Gasteiger partial charge in [0.15, 0.2) is 5.15 Å². The van der Waals surface area contributed by atoms with Crippen LogP contribution in [0, 0.1) is 6.92 Å². The SMILES string of the molecule is CNCCc1c(Cl)nc(-c2ccc(C)cc2)n1C. The summed E-state index contributed by atoms with van der Waals surface area (Å²) in [5.41, 5.74) is 3.41. The van der Waals surface area contributed by atoms with E-state index in [1.807, 2.05) is 14.1 Å². The first-order chi connectivity index (χ1) is 8.63. The summed E-state index contributed by atoms with van der Waals surface area (Å²) in [6.07, 6.45) is 0.880. The highest BCUT2D eigenvalue weighted by molar-refractivity contribution is 6.30. The molecule has 1 aromatic carbocycles. The van der Waals surface area contributed by atoms with Crippen molar-refractivity contribution in [3.8, 4) is 11.4 Å². The second kappa shape index (κ2) is 5.55. The van der Waals surface area contributed by atoms with Gasteiger partial charge in [-0.15, -0.1) is 0 Å². The van der Waals surface area contributed by atoms with Crippen molar-refractivity contribution in [1.82, 2.24) is 14.9 Å². The number of hydrogen-bond acceptors (Lipinski definition) is 2. The number of aryl methyl sites for hydroxylation is 1. The molecule has 0 unspecified atom stereocenters. The van der Waals surface area contributed by atoms with Crippen LogP contribution in [0.4, 0.5) is 0 Å². The van der Waals surface area contributed by atoms with E-state index in [9.17, 15) is 0 Å². The molecule has 2 aromatic rings. The highest BCUT2D eigenvalue weighted by Gasteiger charge is 2.13. The van der Waals surface area contributed by atoms with Crippen LogP contribution in [0.3, 0.4) is 0 Å². The summed E-state index contributed by atoms with van der Waals surface area (Å²) < 4.78 is 2.07. The zero-order valence-corrected chi connectivity index (χ0v) is 11.8. The van der Waals surface area contributed by atoms with Crippen molar-refractivity contribution in [3.05, 3.63) is 40.7 Å². The van der Waals surface area contributed by atoms with Crippen LogP contribution in [0.1, 0.15) is 11.3 Å². The molecule has 0 fully saturated rings. The lowest BCUT2D eigenvalue weighted by molar-refractivity contribution is 0.740. The van der Waals surface area contributed by atoms with Crippen molar-refractivity contribution in [1.29, 1.82) is 0 Å². The molecule has 0 aliphatic rings. The lowest BCUT2D eigenvalue weighted by Crippen LogP contribution is -2.12. The number of rotatable bonds is 4. The average Bonchev–Trinajstić information content (AvgIpc) is 2.64. The molecular weight excluding hydrogens is 246 g/mol. The normalized spacial score (nSPS) is 10.9. The van der Waals surface area contributed by atoms with Crippen molar-refractivity contribution in [3.63, 3.8) is 0 Å². The van der Waals surface area contributed by atoms with Gasteiger partial charge in [-0.2, -0.15) is 0 Å². The number of benzene rings is 1. The minimum Gasteiger partial charge on any atom is -0.330 e. The first-order valence-electron chi connectivity index (χ1n) is 6.06. The molecule has 4 heteroatoms. The van der Waals surface area contributed by atoms with Crippen molar-refractivity contribution < 1.29 is 0 Å². The molecule has 0 aliphatic carbocycles. The fraction of sp³-hybridized carbons (Fsp3) is 0.357. The van der Waals surface area contributed by atoms with Crippen molar-refractivity contribution in [2.75, 3.05) is 13.6 Å². The van der Waals surface area contributed by atoms with E-state index in [0.29, 0.717) is 5.15 Å². The summed E-state index contributed by atoms with van der Waals surface area (Å²) in [6.45, 7) is 2.97. The minimum atomic E-state index is 0.600. The summed E-state index contributed by atoms with van der Waals surface area (Å²) in [5.74, 6) is 0.922. The molecule has 2 rings (SSSR count). The molecule has 1 N–H and O–H groups in total. The largest absolute Gasteiger partial charge is 0.330 e. The third-order valence-corrected chi connectivity index (χ3v) is 3.39. The smallest absolute Gasteiger partial charge is 0.151 e. The van der Waals surface area contributed by atoms with E-state index in [4.69, 9.17) is 11.6 Å². The second-order valence-electron chi connectivity index (χ2n) is 4.45. The van der Waals surface area contributed by atoms with Crippen molar-refractivity contribution in [2.45, 2.75) is 13.3 Å². The third-order valence-electron chi connectivity index (χ3n) is 3.09. The van der Waals surface area contributed by atoms with E-state index >= 15 is 0 Å². The molecule has 0 spiro atoms. The van der Waals surface area contributed by atoms with E-state index in [2.05, 4.69) is 46.1 Å². The Morgan fingerprint density at radius 1 is 1.28 bits per heavy atom. The zero-order chi connectivity index (χ0) is 13.1. The molecule has 1 aromatic heterocycles. The second-order valence-corrected chi connectivity index (χ2v) is 4.81. The highest BCUT2D eigenvalue weighted by atomic mass is 35.5. The predicted octanol–water partition coefficient (Wildman–Crippen LogP) is 2.81. The van der Waals surface area contributed by atoms with Gasteiger partial charge in [-0.05, 0) is 14.0 Å². The van der Waals surface area contributed by atoms with Crippen LogP contribution in [0.5, 0.6) is 0 Å². The highest BCUT2D eigenvalue weighted by Crippen LogP contribution is 2.24. The number of imidazole rings is 1. The van der Waals surface area contributed by atoms with Gasteiger partial charge in [-0.1, -0.05) is 41.4 Å². The van der Waals surface area contributed by atoms with Crippen LogP contribution in [0.2, 0.25) is 5.15 Å². The third kappa shape index (κ3) is 2.57. The Labute approximate surface area is 113 Å². The number of aromatic nitrogens is 2. The van der Waals surface area contributed by atoms with Crippen molar-refractivity contribution in [2.24, 2.45) is 7.05 Å². The van der Waals surface area contributed by atoms with Gasteiger partial charge in [0.1, 0.15) is 5.82 Å². The van der Waals surface area contributed by atoms with Crippen LogP contribution >= 0.6 is 11.6 Å². The van der Waals surface area contributed by atoms with Gasteiger partial charge in [0.25, 0.3) is 0 Å². The molecule has 0 atom stereocenters. The van der Waals surface area contributed by atoms with Gasteiger partial charge >= 0.3 is 0 Å². The van der Waals surface area contributed by atoms with Gasteiger partial charge in [0, 0.05) is 25.6 Å². The molecule has 18 heavy (non-hydrogen) atoms. The number of halogens is 1. The molecule has 0 saturated heterocycles. The summed E-state index contributed by atoms with van der Waals surface area (Å²) in [4.78, 5) is 4.46. The quantitative estimate of drug-likeness (QED) is 0.919. The number of nitrogens with zero attached hydrogens (tertiary/aromatic N) is 2. The van der Waals surface area contributed by atoms with Gasteiger partial charge in [0.2, 0.25) is 0 Å². The molecular formula is C14H18ClN3. The molecule has 96 valence electrons. The molecule has 0 radical (unpaired) electrons. The maximum atomic E-state index is 6.21. The summed E-state index contributed by atoms with van der Waals surface area (Å²) in [7, 11) is 3.95. The van der Waals surface area contributed by atoms with E-state index in [0.717, 1.165) is 30.0 Å². The summed E-state index contributed by atoms with van der Waals surface area (Å²) >= 11 is 6.21. The molecule has 3 nitrogen and oxygen atoms in total. The molecule has 1 heterocycles. The summed E-state index contributed by atoms with van der Waals surface area (Å²) in [5, 5.41) is 3.73. The Kier molecular flexibility index (Phi) is 4.04. The van der Waals surface area contributed by atoms with Crippen LogP contribution in [-0.2, 0) is 13.5 Å². The van der Waals surface area contributed by atoms with E-state index in [-0.39, 0.29) is 0 Å². The Hall–Kier alpha value is -1.32. The maximum Gasteiger partial charge on any atom is 0.151 e. The van der Waals surface area contributed by atoms with Crippen LogP contribution < -0.4 is 5.32 Å². The Bertz CT molecular complexity index is 529. The number of hydrogen-bond donors (Lipinski definition) is 1. The maximum absolute atomic E-state index is 6.21. The monoisotopic (exact) mass is 263 g/mol. The summed E-state index contributed by atoms with van der Waals surface area (Å²) in [6, 6.07) is 8.34. The van der Waals surface area contributed by atoms with E-state index < -0.39 is 0 Å². The lowest BCUT2D eigenvalue weighted by Gasteiger charge is -2.06. The van der Waals surface area contributed by atoms with Crippen LogP contribution in [0.25, 0.3) is 11.4 Å². The zero-order valence-electron chi connectivity index (χ0n) is 11.0. The Morgan fingerprint density at radius 2 is 1.94 bits per heavy atom. The first kappa shape index (κ1) is 13.1. The van der Waals surface area contributed by atoms with E-state index in [1.165, 1.54) is 5.56 Å². The molecule has 0 saturated carbocycles. The average molecular weight is 264 g/mol. The fourth-order valence-corrected chi connectivity index (χ4v) is 2.28. The molecule has 0 aliphatic heterocycles. The molecule has 0 amide bonds. The van der Waals surface area contributed by atoms with Gasteiger partial charge in [-0.3, -0.25) is 0 Å². The van der Waals surface area contributed by atoms with Crippen LogP contribution in [-0.4, -0.2) is 23.1 Å². The standard InChI is InChI=1S/C14H18ClN3/c1-10-4-6-11(7-5-10)14-17-13(15)12(18(14)3)8-9-16-2/h4-7,16H,8-9H2,1-3H3. The van der Waals surface area contributed by atoms with Gasteiger partial charge < -0.3 is 9.88 Å². The first-order valence-corrected chi connectivity index (χ1v) is 6.44. The molecule has 0 bridgehead atoms.